The fourth-order valence-corrected chi connectivity index (χ4v) is 2.56. The Morgan fingerprint density at radius 3 is 2.74 bits per heavy atom. The van der Waals surface area contributed by atoms with Crippen LogP contribution in [0.5, 0.6) is 0 Å². The van der Waals surface area contributed by atoms with Crippen LogP contribution in [0.15, 0.2) is 34.6 Å². The quantitative estimate of drug-likeness (QED) is 0.774. The number of aliphatic hydroxyl groups is 1. The Balaban J connectivity index is 2.62. The number of rotatable bonds is 2. The number of hydrogen-bond acceptors (Lipinski definition) is 4. The van der Waals surface area contributed by atoms with E-state index in [2.05, 4.69) is 0 Å². The second kappa shape index (κ2) is 4.78. The molecule has 0 atom stereocenters. The minimum atomic E-state index is -0.512. The molecule has 1 fully saturated rings. The van der Waals surface area contributed by atoms with Gasteiger partial charge in [-0.05, 0) is 30.1 Å². The van der Waals surface area contributed by atoms with Crippen LogP contribution in [0.4, 0.5) is 0 Å². The zero-order valence-electron chi connectivity index (χ0n) is 11.4. The first-order valence-corrected chi connectivity index (χ1v) is 6.33. The largest absolute Gasteiger partial charge is 0.426 e. The highest BCUT2D eigenvalue weighted by Crippen LogP contribution is 2.45. The van der Waals surface area contributed by atoms with Crippen molar-refractivity contribution >= 4 is 11.8 Å². The molecule has 0 aromatic carbocycles. The Kier molecular flexibility index (Phi) is 3.45. The third-order valence-corrected chi connectivity index (χ3v) is 3.51. The number of hydrogen-bond donors (Lipinski definition) is 1. The molecular weight excluding hydrogens is 244 g/mol. The van der Waals surface area contributed by atoms with Gasteiger partial charge in [-0.2, -0.15) is 0 Å². The number of carbonyl (C=O) groups excluding carboxylic acids is 2. The number of Topliss-reactive ketones (excluding diaryl/α,β-unsaturated/α-hetero) is 1. The molecule has 4 nitrogen and oxygen atoms in total. The Hall–Kier alpha value is -1.68. The lowest BCUT2D eigenvalue weighted by Crippen LogP contribution is -2.18. The summed E-state index contributed by atoms with van der Waals surface area (Å²) in [6.45, 7) is 4.97. The summed E-state index contributed by atoms with van der Waals surface area (Å²) in [5.74, 6) is -0.172. The van der Waals surface area contributed by atoms with Crippen molar-refractivity contribution in [3.8, 4) is 0 Å². The van der Waals surface area contributed by atoms with Gasteiger partial charge in [0, 0.05) is 12.3 Å². The van der Waals surface area contributed by atoms with Crippen molar-refractivity contribution in [3.05, 3.63) is 34.6 Å². The molecule has 4 heteroatoms. The van der Waals surface area contributed by atoms with Gasteiger partial charge in [-0.25, -0.2) is 0 Å². The van der Waals surface area contributed by atoms with E-state index in [1.165, 1.54) is 6.92 Å². The predicted octanol–water partition coefficient (Wildman–Crippen LogP) is 2.05. The number of fused-ring (bicyclic) bond motifs is 1. The Morgan fingerprint density at radius 1 is 1.47 bits per heavy atom. The van der Waals surface area contributed by atoms with Gasteiger partial charge in [0.2, 0.25) is 0 Å². The fourth-order valence-electron chi connectivity index (χ4n) is 2.56. The van der Waals surface area contributed by atoms with Crippen LogP contribution < -0.4 is 0 Å². The van der Waals surface area contributed by atoms with Crippen molar-refractivity contribution in [3.63, 3.8) is 0 Å². The molecule has 102 valence electrons. The molecule has 0 unspecified atom stereocenters. The zero-order chi connectivity index (χ0) is 14.2. The topological polar surface area (TPSA) is 63.6 Å². The molecule has 2 aliphatic carbocycles. The summed E-state index contributed by atoms with van der Waals surface area (Å²) in [5.41, 5.74) is 1.60. The summed E-state index contributed by atoms with van der Waals surface area (Å²) in [4.78, 5) is 23.6. The van der Waals surface area contributed by atoms with Gasteiger partial charge in [-0.15, -0.1) is 0 Å². The average molecular weight is 262 g/mol. The number of ketones is 1. The molecule has 0 spiro atoms. The maximum Gasteiger partial charge on any atom is 0.308 e. The monoisotopic (exact) mass is 262 g/mol. The van der Waals surface area contributed by atoms with Crippen LogP contribution in [0.1, 0.15) is 33.6 Å². The van der Waals surface area contributed by atoms with Gasteiger partial charge >= 0.3 is 5.97 Å². The van der Waals surface area contributed by atoms with Crippen molar-refractivity contribution < 1.29 is 19.4 Å². The van der Waals surface area contributed by atoms with E-state index < -0.39 is 11.4 Å². The molecule has 0 heterocycles. The third-order valence-electron chi connectivity index (χ3n) is 3.51. The van der Waals surface area contributed by atoms with Crippen molar-refractivity contribution in [1.29, 1.82) is 0 Å². The van der Waals surface area contributed by atoms with Crippen LogP contribution in [-0.4, -0.2) is 23.5 Å². The van der Waals surface area contributed by atoms with Gasteiger partial charge in [0.25, 0.3) is 0 Å². The lowest BCUT2D eigenvalue weighted by molar-refractivity contribution is -0.136. The highest BCUT2D eigenvalue weighted by Gasteiger charge is 2.43. The molecule has 0 radical (unpaired) electrons. The average Bonchev–Trinajstić information content (AvgIpc) is 2.46. The van der Waals surface area contributed by atoms with Crippen molar-refractivity contribution in [2.24, 2.45) is 5.41 Å². The number of carbonyl (C=O) groups is 2. The van der Waals surface area contributed by atoms with Crippen molar-refractivity contribution in [1.82, 2.24) is 0 Å². The van der Waals surface area contributed by atoms with Gasteiger partial charge in [0.1, 0.15) is 5.76 Å². The van der Waals surface area contributed by atoms with E-state index in [-0.39, 0.29) is 12.4 Å². The molecule has 19 heavy (non-hydrogen) atoms. The van der Waals surface area contributed by atoms with E-state index in [1.54, 1.807) is 6.08 Å². The predicted molar refractivity (Wildman–Crippen MR) is 70.1 cm³/mol. The minimum Gasteiger partial charge on any atom is -0.426 e. The van der Waals surface area contributed by atoms with Gasteiger partial charge < -0.3 is 9.84 Å². The SMILES string of the molecule is CC(=O)OC1=C2C(=O)C(C)(C)CC2=C(CO)CC=C1. The van der Waals surface area contributed by atoms with Crippen LogP contribution in [-0.2, 0) is 14.3 Å². The maximum absolute atomic E-state index is 12.5. The standard InChI is InChI=1S/C15H18O4/c1-9(17)19-12-6-4-5-10(8-16)11-7-15(2,3)14(18)13(11)12/h4,6,16H,5,7-8H2,1-3H3. The first-order valence-electron chi connectivity index (χ1n) is 6.33. The summed E-state index contributed by atoms with van der Waals surface area (Å²) in [7, 11) is 0. The fraction of sp³-hybridized carbons (Fsp3) is 0.467. The molecule has 0 aliphatic heterocycles. The summed E-state index contributed by atoms with van der Waals surface area (Å²) < 4.78 is 5.16. The molecule has 0 bridgehead atoms. The summed E-state index contributed by atoms with van der Waals surface area (Å²) in [6, 6.07) is 0. The van der Waals surface area contributed by atoms with Gasteiger partial charge in [0.15, 0.2) is 5.78 Å². The van der Waals surface area contributed by atoms with Crippen LogP contribution >= 0.6 is 0 Å². The Morgan fingerprint density at radius 2 is 2.16 bits per heavy atom. The molecule has 0 aromatic heterocycles. The molecule has 1 saturated carbocycles. The van der Waals surface area contributed by atoms with Crippen LogP contribution in [0, 0.1) is 5.41 Å². The van der Waals surface area contributed by atoms with Crippen LogP contribution in [0.25, 0.3) is 0 Å². The molecular formula is C15H18O4. The third kappa shape index (κ3) is 2.40. The van der Waals surface area contributed by atoms with Crippen molar-refractivity contribution in [2.45, 2.75) is 33.6 Å². The second-order valence-electron chi connectivity index (χ2n) is 5.57. The van der Waals surface area contributed by atoms with E-state index in [0.717, 1.165) is 11.1 Å². The molecule has 1 N–H and O–H groups in total. The number of ether oxygens (including phenoxy) is 1. The highest BCUT2D eigenvalue weighted by molar-refractivity contribution is 6.08. The summed E-state index contributed by atoms with van der Waals surface area (Å²) in [5, 5.41) is 9.45. The lowest BCUT2D eigenvalue weighted by Gasteiger charge is -2.13. The van der Waals surface area contributed by atoms with E-state index >= 15 is 0 Å². The van der Waals surface area contributed by atoms with E-state index in [9.17, 15) is 14.7 Å². The molecule has 2 aliphatic rings. The zero-order valence-corrected chi connectivity index (χ0v) is 11.4. The first-order chi connectivity index (χ1) is 8.86. The van der Waals surface area contributed by atoms with Gasteiger partial charge in [-0.1, -0.05) is 19.9 Å². The van der Waals surface area contributed by atoms with Gasteiger partial charge in [-0.3, -0.25) is 9.59 Å². The highest BCUT2D eigenvalue weighted by atomic mass is 16.5. The van der Waals surface area contributed by atoms with Crippen LogP contribution in [0.3, 0.4) is 0 Å². The van der Waals surface area contributed by atoms with Crippen LogP contribution in [0.2, 0.25) is 0 Å². The Labute approximate surface area is 112 Å². The first kappa shape index (κ1) is 13.7. The number of allylic oxidation sites excluding steroid dienone is 4. The smallest absolute Gasteiger partial charge is 0.308 e. The summed E-state index contributed by atoms with van der Waals surface area (Å²) in [6.07, 6.45) is 4.61. The minimum absolute atomic E-state index is 0.0312. The molecule has 0 saturated heterocycles. The van der Waals surface area contributed by atoms with E-state index in [0.29, 0.717) is 24.2 Å². The summed E-state index contributed by atoms with van der Waals surface area (Å²) >= 11 is 0. The maximum atomic E-state index is 12.5. The number of esters is 1. The Bertz CT molecular complexity index is 532. The van der Waals surface area contributed by atoms with E-state index in [1.807, 2.05) is 19.9 Å². The molecule has 0 amide bonds. The normalized spacial score (nSPS) is 21.6. The van der Waals surface area contributed by atoms with Gasteiger partial charge in [0.05, 0.1) is 12.2 Å². The number of aliphatic hydroxyl groups excluding tert-OH is 1. The lowest BCUT2D eigenvalue weighted by atomic mass is 9.89. The second-order valence-corrected chi connectivity index (χ2v) is 5.57. The van der Waals surface area contributed by atoms with E-state index in [4.69, 9.17) is 4.74 Å². The molecule has 2 rings (SSSR count). The molecule has 0 aromatic rings. The van der Waals surface area contributed by atoms with Crippen molar-refractivity contribution in [2.75, 3.05) is 6.61 Å².